The first-order valence-corrected chi connectivity index (χ1v) is 7.71. The number of ether oxygens (including phenoxy) is 1. The molecule has 1 aliphatic heterocycles. The molecule has 1 N–H and O–H groups in total. The second kappa shape index (κ2) is 7.15. The van der Waals surface area contributed by atoms with Crippen LogP contribution in [-0.2, 0) is 6.42 Å². The first kappa shape index (κ1) is 13.9. The van der Waals surface area contributed by atoms with E-state index in [9.17, 15) is 0 Å². The molecule has 0 amide bonds. The van der Waals surface area contributed by atoms with Crippen LogP contribution in [0.15, 0.2) is 22.7 Å². The van der Waals surface area contributed by atoms with Gasteiger partial charge in [0.15, 0.2) is 0 Å². The number of rotatable bonds is 5. The second-order valence-electron chi connectivity index (χ2n) is 4.97. The predicted molar refractivity (Wildman–Crippen MR) is 79.2 cm³/mol. The number of hydrogen-bond donors (Lipinski definition) is 1. The Kier molecular flexibility index (Phi) is 5.51. The zero-order chi connectivity index (χ0) is 12.8. The lowest BCUT2D eigenvalue weighted by Crippen LogP contribution is -2.30. The number of benzene rings is 1. The summed E-state index contributed by atoms with van der Waals surface area (Å²) in [5, 5.41) is 3.45. The van der Waals surface area contributed by atoms with Crippen LogP contribution in [0.1, 0.15) is 31.7 Å². The number of aryl methyl sites for hydroxylation is 1. The van der Waals surface area contributed by atoms with Crippen LogP contribution in [-0.4, -0.2) is 19.7 Å². The van der Waals surface area contributed by atoms with Gasteiger partial charge < -0.3 is 10.1 Å². The van der Waals surface area contributed by atoms with Crippen molar-refractivity contribution >= 4 is 15.9 Å². The average Bonchev–Trinajstić information content (AvgIpc) is 2.42. The van der Waals surface area contributed by atoms with Crippen molar-refractivity contribution in [2.45, 2.75) is 32.6 Å². The number of nitrogens with one attached hydrogen (secondary N) is 1. The van der Waals surface area contributed by atoms with Crippen molar-refractivity contribution in [2.24, 2.45) is 5.92 Å². The molecule has 0 bridgehead atoms. The van der Waals surface area contributed by atoms with Gasteiger partial charge in [-0.3, -0.25) is 0 Å². The van der Waals surface area contributed by atoms with E-state index in [2.05, 4.69) is 46.4 Å². The third kappa shape index (κ3) is 3.99. The Hall–Kier alpha value is -0.540. The first-order chi connectivity index (χ1) is 8.79. The zero-order valence-corrected chi connectivity index (χ0v) is 12.6. The summed E-state index contributed by atoms with van der Waals surface area (Å²) in [6.45, 7) is 5.31. The van der Waals surface area contributed by atoms with E-state index in [0.717, 1.165) is 42.1 Å². The summed E-state index contributed by atoms with van der Waals surface area (Å²) in [6.07, 6.45) is 4.85. The SMILES string of the molecule is CCc1ccc(OCC[C@@H]2CCCNC2)c(Br)c1. The van der Waals surface area contributed by atoms with Gasteiger partial charge in [-0.1, -0.05) is 13.0 Å². The van der Waals surface area contributed by atoms with Crippen LogP contribution in [0.5, 0.6) is 5.75 Å². The molecule has 18 heavy (non-hydrogen) atoms. The number of halogens is 1. The van der Waals surface area contributed by atoms with Crippen molar-refractivity contribution in [3.05, 3.63) is 28.2 Å². The minimum atomic E-state index is 0.785. The van der Waals surface area contributed by atoms with Crippen LogP contribution in [0.25, 0.3) is 0 Å². The summed E-state index contributed by atoms with van der Waals surface area (Å²) in [7, 11) is 0. The standard InChI is InChI=1S/C15H22BrNO/c1-2-12-5-6-15(14(16)10-12)18-9-7-13-4-3-8-17-11-13/h5-6,10,13,17H,2-4,7-9,11H2,1H3/t13-/m0/s1. The van der Waals surface area contributed by atoms with Gasteiger partial charge in [-0.2, -0.15) is 0 Å². The fourth-order valence-electron chi connectivity index (χ4n) is 2.39. The van der Waals surface area contributed by atoms with Crippen molar-refractivity contribution in [3.8, 4) is 5.75 Å². The van der Waals surface area contributed by atoms with E-state index in [4.69, 9.17) is 4.74 Å². The van der Waals surface area contributed by atoms with Gasteiger partial charge in [0, 0.05) is 0 Å². The van der Waals surface area contributed by atoms with E-state index in [1.54, 1.807) is 0 Å². The van der Waals surface area contributed by atoms with E-state index >= 15 is 0 Å². The van der Waals surface area contributed by atoms with Crippen LogP contribution in [0, 0.1) is 5.92 Å². The molecule has 3 heteroatoms. The van der Waals surface area contributed by atoms with Crippen molar-refractivity contribution in [1.82, 2.24) is 5.32 Å². The Morgan fingerprint density at radius 3 is 3.00 bits per heavy atom. The van der Waals surface area contributed by atoms with Crippen LogP contribution >= 0.6 is 15.9 Å². The van der Waals surface area contributed by atoms with E-state index in [1.165, 1.54) is 24.9 Å². The fraction of sp³-hybridized carbons (Fsp3) is 0.600. The summed E-state index contributed by atoms with van der Waals surface area (Å²) in [5.74, 6) is 1.75. The summed E-state index contributed by atoms with van der Waals surface area (Å²) in [5.41, 5.74) is 1.34. The molecule has 100 valence electrons. The third-order valence-electron chi connectivity index (χ3n) is 3.59. The molecule has 1 aliphatic rings. The van der Waals surface area contributed by atoms with Crippen molar-refractivity contribution in [1.29, 1.82) is 0 Å². The first-order valence-electron chi connectivity index (χ1n) is 6.91. The van der Waals surface area contributed by atoms with Gasteiger partial charge in [-0.25, -0.2) is 0 Å². The molecule has 0 aromatic heterocycles. The van der Waals surface area contributed by atoms with E-state index < -0.39 is 0 Å². The van der Waals surface area contributed by atoms with Crippen molar-refractivity contribution in [2.75, 3.05) is 19.7 Å². The third-order valence-corrected chi connectivity index (χ3v) is 4.21. The molecule has 1 aromatic rings. The second-order valence-corrected chi connectivity index (χ2v) is 5.82. The van der Waals surface area contributed by atoms with Gasteiger partial charge in [0.25, 0.3) is 0 Å². The molecule has 1 fully saturated rings. The van der Waals surface area contributed by atoms with Crippen LogP contribution in [0.2, 0.25) is 0 Å². The van der Waals surface area contributed by atoms with Gasteiger partial charge in [0.05, 0.1) is 11.1 Å². The molecule has 0 unspecified atom stereocenters. The molecule has 0 saturated carbocycles. The molecular weight excluding hydrogens is 290 g/mol. The van der Waals surface area contributed by atoms with Gasteiger partial charge in [0.2, 0.25) is 0 Å². The van der Waals surface area contributed by atoms with Crippen LogP contribution in [0.4, 0.5) is 0 Å². The summed E-state index contributed by atoms with van der Waals surface area (Å²) in [4.78, 5) is 0. The molecule has 1 saturated heterocycles. The zero-order valence-electron chi connectivity index (χ0n) is 11.0. The predicted octanol–water partition coefficient (Wildman–Crippen LogP) is 3.78. The normalized spacial score (nSPS) is 19.8. The Morgan fingerprint density at radius 2 is 2.33 bits per heavy atom. The highest BCUT2D eigenvalue weighted by Gasteiger charge is 2.12. The van der Waals surface area contributed by atoms with E-state index in [1.807, 2.05) is 0 Å². The molecule has 1 aromatic carbocycles. The summed E-state index contributed by atoms with van der Waals surface area (Å²) < 4.78 is 6.94. The van der Waals surface area contributed by atoms with E-state index in [0.29, 0.717) is 0 Å². The monoisotopic (exact) mass is 311 g/mol. The fourth-order valence-corrected chi connectivity index (χ4v) is 2.93. The Morgan fingerprint density at radius 1 is 1.44 bits per heavy atom. The van der Waals surface area contributed by atoms with Crippen LogP contribution in [0.3, 0.4) is 0 Å². The summed E-state index contributed by atoms with van der Waals surface area (Å²) in [6, 6.07) is 6.36. The van der Waals surface area contributed by atoms with Gasteiger partial charge >= 0.3 is 0 Å². The molecule has 2 nitrogen and oxygen atoms in total. The molecule has 2 rings (SSSR count). The maximum absolute atomic E-state index is 5.86. The molecule has 0 aliphatic carbocycles. The molecule has 1 heterocycles. The Bertz CT molecular complexity index is 375. The largest absolute Gasteiger partial charge is 0.492 e. The van der Waals surface area contributed by atoms with Crippen molar-refractivity contribution in [3.63, 3.8) is 0 Å². The lowest BCUT2D eigenvalue weighted by Gasteiger charge is -2.22. The average molecular weight is 312 g/mol. The topological polar surface area (TPSA) is 21.3 Å². The maximum atomic E-state index is 5.86. The van der Waals surface area contributed by atoms with Crippen molar-refractivity contribution < 1.29 is 4.74 Å². The highest BCUT2D eigenvalue weighted by Crippen LogP contribution is 2.26. The van der Waals surface area contributed by atoms with Gasteiger partial charge in [-0.15, -0.1) is 0 Å². The maximum Gasteiger partial charge on any atom is 0.133 e. The summed E-state index contributed by atoms with van der Waals surface area (Å²) >= 11 is 3.58. The molecule has 0 spiro atoms. The van der Waals surface area contributed by atoms with E-state index in [-0.39, 0.29) is 0 Å². The lowest BCUT2D eigenvalue weighted by atomic mass is 9.97. The molecule has 1 atom stereocenters. The highest BCUT2D eigenvalue weighted by molar-refractivity contribution is 9.10. The number of hydrogen-bond acceptors (Lipinski definition) is 2. The quantitative estimate of drug-likeness (QED) is 0.893. The number of piperidine rings is 1. The minimum Gasteiger partial charge on any atom is -0.492 e. The van der Waals surface area contributed by atoms with Gasteiger partial charge in [0.1, 0.15) is 5.75 Å². The Balaban J connectivity index is 1.79. The lowest BCUT2D eigenvalue weighted by molar-refractivity contribution is 0.253. The Labute approximate surface area is 118 Å². The highest BCUT2D eigenvalue weighted by atomic mass is 79.9. The molecule has 0 radical (unpaired) electrons. The molecular formula is C15H22BrNO. The van der Waals surface area contributed by atoms with Crippen LogP contribution < -0.4 is 10.1 Å². The minimum absolute atomic E-state index is 0.785. The van der Waals surface area contributed by atoms with Gasteiger partial charge in [-0.05, 0) is 78.3 Å². The smallest absolute Gasteiger partial charge is 0.133 e.